The summed E-state index contributed by atoms with van der Waals surface area (Å²) in [6, 6.07) is 10.3. The minimum atomic E-state index is 0.0407. The van der Waals surface area contributed by atoms with Crippen LogP contribution in [0, 0.1) is 5.41 Å². The summed E-state index contributed by atoms with van der Waals surface area (Å²) in [5, 5.41) is 1.16. The van der Waals surface area contributed by atoms with Crippen LogP contribution in [0.3, 0.4) is 0 Å². The molecule has 0 saturated heterocycles. The van der Waals surface area contributed by atoms with Crippen LogP contribution >= 0.6 is 0 Å². The maximum Gasteiger partial charge on any atom is 0.0705 e. The average Bonchev–Trinajstić information content (AvgIpc) is 2.26. The van der Waals surface area contributed by atoms with Gasteiger partial charge in [0.2, 0.25) is 0 Å². The van der Waals surface area contributed by atoms with Crippen LogP contribution in [0.5, 0.6) is 0 Å². The Morgan fingerprint density at radius 1 is 1.19 bits per heavy atom. The van der Waals surface area contributed by atoms with Crippen molar-refractivity contribution in [3.8, 4) is 0 Å². The molecule has 1 unspecified atom stereocenters. The van der Waals surface area contributed by atoms with Crippen LogP contribution < -0.4 is 5.73 Å². The van der Waals surface area contributed by atoms with E-state index in [-0.39, 0.29) is 11.5 Å². The summed E-state index contributed by atoms with van der Waals surface area (Å²) >= 11 is 0. The second kappa shape index (κ2) is 3.87. The summed E-state index contributed by atoms with van der Waals surface area (Å²) in [6.07, 6.45) is 1.81. The highest BCUT2D eigenvalue weighted by atomic mass is 14.7. The van der Waals surface area contributed by atoms with Crippen LogP contribution in [0.1, 0.15) is 32.4 Å². The van der Waals surface area contributed by atoms with E-state index in [1.165, 1.54) is 0 Å². The molecule has 0 saturated carbocycles. The highest BCUT2D eigenvalue weighted by Gasteiger charge is 2.22. The van der Waals surface area contributed by atoms with Gasteiger partial charge in [0.15, 0.2) is 0 Å². The molecule has 1 aromatic heterocycles. The first kappa shape index (κ1) is 11.1. The number of nitrogens with zero attached hydrogens (tertiary/aromatic N) is 1. The van der Waals surface area contributed by atoms with E-state index in [9.17, 15) is 0 Å². The normalized spacial score (nSPS) is 14.0. The fourth-order valence-electron chi connectivity index (χ4n) is 1.78. The first-order valence-corrected chi connectivity index (χ1v) is 5.59. The lowest BCUT2D eigenvalue weighted by atomic mass is 9.83. The number of fused-ring (bicyclic) bond motifs is 1. The minimum Gasteiger partial charge on any atom is -0.324 e. The highest BCUT2D eigenvalue weighted by molar-refractivity contribution is 5.79. The van der Waals surface area contributed by atoms with Crippen molar-refractivity contribution >= 4 is 10.9 Å². The van der Waals surface area contributed by atoms with Crippen LogP contribution in [0.2, 0.25) is 0 Å². The van der Waals surface area contributed by atoms with E-state index in [2.05, 4.69) is 50.0 Å². The van der Waals surface area contributed by atoms with Crippen molar-refractivity contribution in [2.45, 2.75) is 26.8 Å². The van der Waals surface area contributed by atoms with Gasteiger partial charge in [-0.3, -0.25) is 4.98 Å². The van der Waals surface area contributed by atoms with E-state index in [1.54, 1.807) is 0 Å². The van der Waals surface area contributed by atoms with Crippen molar-refractivity contribution in [2.24, 2.45) is 11.1 Å². The van der Waals surface area contributed by atoms with Crippen LogP contribution in [0.15, 0.2) is 36.5 Å². The molecule has 0 radical (unpaired) electrons. The Bertz CT molecular complexity index is 497. The Morgan fingerprint density at radius 2 is 1.94 bits per heavy atom. The predicted molar refractivity (Wildman–Crippen MR) is 68.1 cm³/mol. The molecule has 84 valence electrons. The zero-order chi connectivity index (χ0) is 11.8. The zero-order valence-corrected chi connectivity index (χ0v) is 10.1. The second-order valence-electron chi connectivity index (χ2n) is 5.30. The highest BCUT2D eigenvalue weighted by Crippen LogP contribution is 2.31. The smallest absolute Gasteiger partial charge is 0.0705 e. The fraction of sp³-hybridized carbons (Fsp3) is 0.357. The third-order valence-electron chi connectivity index (χ3n) is 2.92. The van der Waals surface area contributed by atoms with Crippen molar-refractivity contribution in [2.75, 3.05) is 0 Å². The number of nitrogens with two attached hydrogens (primary N) is 1. The number of hydrogen-bond acceptors (Lipinski definition) is 2. The number of rotatable bonds is 1. The van der Waals surface area contributed by atoms with Crippen molar-refractivity contribution in [1.29, 1.82) is 0 Å². The van der Waals surface area contributed by atoms with Crippen molar-refractivity contribution in [1.82, 2.24) is 4.98 Å². The van der Waals surface area contributed by atoms with Gasteiger partial charge in [-0.1, -0.05) is 39.0 Å². The molecule has 2 N–H and O–H groups in total. The molecule has 16 heavy (non-hydrogen) atoms. The molecule has 0 aliphatic rings. The number of hydrogen-bond donors (Lipinski definition) is 1. The summed E-state index contributed by atoms with van der Waals surface area (Å²) in [7, 11) is 0. The molecule has 2 rings (SSSR count). The average molecular weight is 214 g/mol. The summed E-state index contributed by atoms with van der Waals surface area (Å²) in [5.41, 5.74) is 8.47. The molecule has 0 bridgehead atoms. The van der Waals surface area contributed by atoms with Gasteiger partial charge in [0.05, 0.1) is 5.52 Å². The van der Waals surface area contributed by atoms with Gasteiger partial charge in [-0.2, -0.15) is 0 Å². The third-order valence-corrected chi connectivity index (χ3v) is 2.92. The molecule has 0 spiro atoms. The van der Waals surface area contributed by atoms with Crippen molar-refractivity contribution < 1.29 is 0 Å². The second-order valence-corrected chi connectivity index (χ2v) is 5.30. The molecule has 2 aromatic rings. The number of aromatic nitrogens is 1. The largest absolute Gasteiger partial charge is 0.324 e. The van der Waals surface area contributed by atoms with Crippen molar-refractivity contribution in [3.05, 3.63) is 42.1 Å². The summed E-state index contributed by atoms with van der Waals surface area (Å²) < 4.78 is 0. The monoisotopic (exact) mass is 214 g/mol. The molecular formula is C14H18N2. The molecule has 2 heteroatoms. The maximum absolute atomic E-state index is 6.24. The standard InChI is InChI=1S/C14H18N2/c1-14(2,3)13(15)11-7-6-10-5-4-8-16-12(10)9-11/h4-9,13H,15H2,1-3H3. The quantitative estimate of drug-likeness (QED) is 0.791. The van der Waals surface area contributed by atoms with Gasteiger partial charge in [0.25, 0.3) is 0 Å². The van der Waals surface area contributed by atoms with Gasteiger partial charge >= 0.3 is 0 Å². The maximum atomic E-state index is 6.24. The Morgan fingerprint density at radius 3 is 2.62 bits per heavy atom. The number of pyridine rings is 1. The van der Waals surface area contributed by atoms with Gasteiger partial charge < -0.3 is 5.73 Å². The SMILES string of the molecule is CC(C)(C)C(N)c1ccc2cccnc2c1. The van der Waals surface area contributed by atoms with E-state index >= 15 is 0 Å². The Balaban J connectivity index is 2.47. The Labute approximate surface area is 96.5 Å². The minimum absolute atomic E-state index is 0.0407. The molecule has 0 amide bonds. The van der Waals surface area contributed by atoms with E-state index < -0.39 is 0 Å². The summed E-state index contributed by atoms with van der Waals surface area (Å²) in [4.78, 5) is 4.35. The molecule has 2 nitrogen and oxygen atoms in total. The predicted octanol–water partition coefficient (Wildman–Crippen LogP) is 3.28. The van der Waals surface area contributed by atoms with E-state index in [0.717, 1.165) is 16.5 Å². The molecule has 1 aromatic carbocycles. The van der Waals surface area contributed by atoms with Crippen LogP contribution in [0.25, 0.3) is 10.9 Å². The van der Waals surface area contributed by atoms with E-state index in [4.69, 9.17) is 5.73 Å². The zero-order valence-electron chi connectivity index (χ0n) is 10.1. The lowest BCUT2D eigenvalue weighted by Gasteiger charge is -2.27. The molecule has 1 atom stereocenters. The number of benzene rings is 1. The molecule has 0 aliphatic carbocycles. The van der Waals surface area contributed by atoms with Gasteiger partial charge in [-0.05, 0) is 23.1 Å². The topological polar surface area (TPSA) is 38.9 Å². The lowest BCUT2D eigenvalue weighted by Crippen LogP contribution is -2.26. The molecule has 1 heterocycles. The Kier molecular flexibility index (Phi) is 2.68. The van der Waals surface area contributed by atoms with E-state index in [0.29, 0.717) is 0 Å². The van der Waals surface area contributed by atoms with Crippen LogP contribution in [-0.2, 0) is 0 Å². The third kappa shape index (κ3) is 2.07. The summed E-state index contributed by atoms with van der Waals surface area (Å²) in [6.45, 7) is 6.46. The molecule has 0 aliphatic heterocycles. The molecular weight excluding hydrogens is 196 g/mol. The van der Waals surface area contributed by atoms with Gasteiger partial charge in [0, 0.05) is 17.6 Å². The lowest BCUT2D eigenvalue weighted by molar-refractivity contribution is 0.327. The van der Waals surface area contributed by atoms with Crippen molar-refractivity contribution in [3.63, 3.8) is 0 Å². The van der Waals surface area contributed by atoms with Gasteiger partial charge in [0.1, 0.15) is 0 Å². The fourth-order valence-corrected chi connectivity index (χ4v) is 1.78. The first-order chi connectivity index (χ1) is 7.48. The van der Waals surface area contributed by atoms with Gasteiger partial charge in [-0.15, -0.1) is 0 Å². The van der Waals surface area contributed by atoms with Gasteiger partial charge in [-0.25, -0.2) is 0 Å². The van der Waals surface area contributed by atoms with Crippen LogP contribution in [-0.4, -0.2) is 4.98 Å². The first-order valence-electron chi connectivity index (χ1n) is 5.59. The van der Waals surface area contributed by atoms with E-state index in [1.807, 2.05) is 12.3 Å². The van der Waals surface area contributed by atoms with Crippen LogP contribution in [0.4, 0.5) is 0 Å². The summed E-state index contributed by atoms with van der Waals surface area (Å²) in [5.74, 6) is 0. The molecule has 0 fully saturated rings. The Hall–Kier alpha value is -1.41.